The van der Waals surface area contributed by atoms with Crippen LogP contribution in [0.5, 0.6) is 0 Å². The molecule has 5 heteroatoms. The van der Waals surface area contributed by atoms with Crippen LogP contribution in [0.25, 0.3) is 0 Å². The molecule has 0 saturated heterocycles. The predicted molar refractivity (Wildman–Crippen MR) is 41.6 cm³/mol. The van der Waals surface area contributed by atoms with E-state index in [2.05, 4.69) is 10.8 Å². The highest BCUT2D eigenvalue weighted by atomic mass is 32.2. The molecule has 0 unspecified atom stereocenters. The van der Waals surface area contributed by atoms with Crippen LogP contribution in [0.4, 0.5) is 0 Å². The zero-order valence-corrected chi connectivity index (χ0v) is 7.48. The molecule has 11 heavy (non-hydrogen) atoms. The van der Waals surface area contributed by atoms with E-state index in [9.17, 15) is 8.42 Å². The van der Waals surface area contributed by atoms with Crippen molar-refractivity contribution >= 4 is 10.1 Å². The lowest BCUT2D eigenvalue weighted by atomic mass is 10.6. The van der Waals surface area contributed by atoms with Gasteiger partial charge in [-0.25, -0.2) is 0 Å². The van der Waals surface area contributed by atoms with Crippen molar-refractivity contribution < 1.29 is 17.3 Å². The van der Waals surface area contributed by atoms with Crippen LogP contribution in [0.1, 0.15) is 6.92 Å². The Bertz CT molecular complexity index is 217. The second-order valence-corrected chi connectivity index (χ2v) is 3.72. The van der Waals surface area contributed by atoms with E-state index < -0.39 is 10.1 Å². The maximum atomic E-state index is 10.4. The van der Waals surface area contributed by atoms with Crippen molar-refractivity contribution in [3.8, 4) is 0 Å². The molecule has 0 spiro atoms. The maximum Gasteiger partial charge on any atom is 0.264 e. The molecule has 0 N–H and O–H groups in total. The number of ether oxygens (including phenoxy) is 1. The minimum absolute atomic E-state index is 0.0334. The first-order valence-electron chi connectivity index (χ1n) is 3.04. The molecule has 0 atom stereocenters. The van der Waals surface area contributed by atoms with Crippen LogP contribution >= 0.6 is 0 Å². The molecule has 66 valence electrons. The summed E-state index contributed by atoms with van der Waals surface area (Å²) in [5.41, 5.74) is 0. The first-order valence-corrected chi connectivity index (χ1v) is 4.86. The minimum Gasteiger partial charge on any atom is -0.496 e. The Hall–Kier alpha value is -0.550. The molecular formula is C6H12O4S. The fraction of sp³-hybridized carbons (Fsp3) is 0.667. The second-order valence-electron chi connectivity index (χ2n) is 2.08. The molecule has 0 aromatic heterocycles. The van der Waals surface area contributed by atoms with Gasteiger partial charge in [-0.2, -0.15) is 8.42 Å². The Balaban J connectivity index is 3.37. The molecule has 0 aromatic carbocycles. The normalized spacial score (nSPS) is 11.1. The molecular weight excluding hydrogens is 168 g/mol. The highest BCUT2D eigenvalue weighted by Gasteiger charge is 1.99. The lowest BCUT2D eigenvalue weighted by molar-refractivity contribution is 0.162. The molecule has 0 saturated carbocycles. The third kappa shape index (κ3) is 9.45. The van der Waals surface area contributed by atoms with Crippen LogP contribution in [-0.2, 0) is 19.0 Å². The van der Waals surface area contributed by atoms with E-state index in [1.807, 2.05) is 0 Å². The minimum atomic E-state index is -3.33. The topological polar surface area (TPSA) is 52.6 Å². The van der Waals surface area contributed by atoms with Gasteiger partial charge in [-0.15, -0.1) is 0 Å². The van der Waals surface area contributed by atoms with Crippen molar-refractivity contribution in [3.63, 3.8) is 0 Å². The molecule has 0 aliphatic carbocycles. The van der Waals surface area contributed by atoms with E-state index in [1.54, 1.807) is 6.92 Å². The van der Waals surface area contributed by atoms with Gasteiger partial charge in [0, 0.05) is 0 Å². The zero-order chi connectivity index (χ0) is 8.91. The van der Waals surface area contributed by atoms with Gasteiger partial charge in [-0.05, 0) is 6.92 Å². The first-order chi connectivity index (χ1) is 4.92. The van der Waals surface area contributed by atoms with Crippen molar-refractivity contribution in [1.82, 2.24) is 0 Å². The average Bonchev–Trinajstić information content (AvgIpc) is 1.78. The van der Waals surface area contributed by atoms with E-state index >= 15 is 0 Å². The standard InChI is InChI=1S/C6H12O4S/c1-6(2)9-4-5-10-11(3,7)8/h1,4-5H2,2-3H3. The maximum absolute atomic E-state index is 10.4. The summed E-state index contributed by atoms with van der Waals surface area (Å²) in [6.45, 7) is 5.39. The Morgan fingerprint density at radius 3 is 2.36 bits per heavy atom. The van der Waals surface area contributed by atoms with Crippen LogP contribution in [0.2, 0.25) is 0 Å². The van der Waals surface area contributed by atoms with Gasteiger partial charge in [0.25, 0.3) is 10.1 Å². The van der Waals surface area contributed by atoms with Crippen LogP contribution in [0.15, 0.2) is 12.3 Å². The van der Waals surface area contributed by atoms with Gasteiger partial charge in [0.05, 0.1) is 12.0 Å². The predicted octanol–water partition coefficient (Wildman–Crippen LogP) is 0.513. The molecule has 0 fully saturated rings. The van der Waals surface area contributed by atoms with Gasteiger partial charge in [-0.1, -0.05) is 6.58 Å². The lowest BCUT2D eigenvalue weighted by Crippen LogP contribution is -2.08. The molecule has 4 nitrogen and oxygen atoms in total. The Kier molecular flexibility index (Phi) is 4.14. The summed E-state index contributed by atoms with van der Waals surface area (Å²) in [7, 11) is -3.33. The van der Waals surface area contributed by atoms with E-state index in [0.717, 1.165) is 6.26 Å². The molecule has 0 aromatic rings. The van der Waals surface area contributed by atoms with Crippen molar-refractivity contribution in [3.05, 3.63) is 12.3 Å². The van der Waals surface area contributed by atoms with Gasteiger partial charge < -0.3 is 4.74 Å². The van der Waals surface area contributed by atoms with E-state index in [1.165, 1.54) is 0 Å². The summed E-state index contributed by atoms with van der Waals surface area (Å²) in [5.74, 6) is 0.544. The molecule has 0 aliphatic rings. The summed E-state index contributed by atoms with van der Waals surface area (Å²) in [6, 6.07) is 0. The summed E-state index contributed by atoms with van der Waals surface area (Å²) < 4.78 is 30.0. The lowest BCUT2D eigenvalue weighted by Gasteiger charge is -2.03. The number of allylic oxidation sites excluding steroid dienone is 1. The van der Waals surface area contributed by atoms with Crippen molar-refractivity contribution in [2.75, 3.05) is 19.5 Å². The monoisotopic (exact) mass is 180 g/mol. The van der Waals surface area contributed by atoms with Gasteiger partial charge in [-0.3, -0.25) is 4.18 Å². The van der Waals surface area contributed by atoms with Crippen molar-refractivity contribution in [2.45, 2.75) is 6.92 Å². The first kappa shape index (κ1) is 10.4. The average molecular weight is 180 g/mol. The van der Waals surface area contributed by atoms with Gasteiger partial charge in [0.15, 0.2) is 0 Å². The third-order valence-electron chi connectivity index (χ3n) is 0.729. The Morgan fingerprint density at radius 2 is 2.00 bits per heavy atom. The zero-order valence-electron chi connectivity index (χ0n) is 6.66. The molecule has 0 heterocycles. The molecule has 0 amide bonds. The quantitative estimate of drug-likeness (QED) is 0.351. The molecule has 0 bridgehead atoms. The highest BCUT2D eigenvalue weighted by Crippen LogP contribution is 1.91. The number of hydrogen-bond acceptors (Lipinski definition) is 4. The third-order valence-corrected chi connectivity index (χ3v) is 1.32. The van der Waals surface area contributed by atoms with Crippen LogP contribution < -0.4 is 0 Å². The van der Waals surface area contributed by atoms with E-state index in [-0.39, 0.29) is 13.2 Å². The molecule has 0 radical (unpaired) electrons. The summed E-state index contributed by atoms with van der Waals surface area (Å²) in [6.07, 6.45) is 0.994. The highest BCUT2D eigenvalue weighted by molar-refractivity contribution is 7.85. The summed E-state index contributed by atoms with van der Waals surface area (Å²) >= 11 is 0. The summed E-state index contributed by atoms with van der Waals surface area (Å²) in [4.78, 5) is 0. The van der Waals surface area contributed by atoms with Crippen LogP contribution in [-0.4, -0.2) is 27.9 Å². The van der Waals surface area contributed by atoms with Crippen molar-refractivity contribution in [1.29, 1.82) is 0 Å². The fourth-order valence-electron chi connectivity index (χ4n) is 0.401. The number of hydrogen-bond donors (Lipinski definition) is 0. The largest absolute Gasteiger partial charge is 0.496 e. The van der Waals surface area contributed by atoms with E-state index in [4.69, 9.17) is 4.74 Å². The number of rotatable bonds is 5. The van der Waals surface area contributed by atoms with Gasteiger partial charge >= 0.3 is 0 Å². The smallest absolute Gasteiger partial charge is 0.264 e. The van der Waals surface area contributed by atoms with E-state index in [0.29, 0.717) is 5.76 Å². The SMILES string of the molecule is C=C(C)OCCOS(C)(=O)=O. The molecule has 0 rings (SSSR count). The second kappa shape index (κ2) is 4.35. The molecule has 0 aliphatic heterocycles. The Labute approximate surface area is 66.9 Å². The Morgan fingerprint density at radius 1 is 1.45 bits per heavy atom. The fourth-order valence-corrected chi connectivity index (χ4v) is 0.772. The van der Waals surface area contributed by atoms with Crippen LogP contribution in [0.3, 0.4) is 0 Å². The van der Waals surface area contributed by atoms with Crippen molar-refractivity contribution in [2.24, 2.45) is 0 Å². The summed E-state index contributed by atoms with van der Waals surface area (Å²) in [5, 5.41) is 0. The van der Waals surface area contributed by atoms with Gasteiger partial charge in [0.2, 0.25) is 0 Å². The van der Waals surface area contributed by atoms with Gasteiger partial charge in [0.1, 0.15) is 13.2 Å². The van der Waals surface area contributed by atoms with Crippen LogP contribution in [0, 0.1) is 0 Å².